The molecule has 0 amide bonds. The highest BCUT2D eigenvalue weighted by molar-refractivity contribution is 9.10. The number of hydrogen-bond donors (Lipinski definition) is 1. The van der Waals surface area contributed by atoms with E-state index >= 15 is 0 Å². The van der Waals surface area contributed by atoms with Gasteiger partial charge in [-0.25, -0.2) is 0 Å². The smallest absolute Gasteiger partial charge is 0.135 e. The topological polar surface area (TPSA) is 34.4 Å². The SMILES string of the molecule is CC(C)C1COC(c2cc3cc(Br)ccc3o2)CN1. The lowest BCUT2D eigenvalue weighted by molar-refractivity contribution is -0.0172. The molecule has 1 saturated heterocycles. The van der Waals surface area contributed by atoms with Crippen LogP contribution in [0.25, 0.3) is 11.0 Å². The zero-order chi connectivity index (χ0) is 13.4. The summed E-state index contributed by atoms with van der Waals surface area (Å²) in [7, 11) is 0. The summed E-state index contributed by atoms with van der Waals surface area (Å²) in [6, 6.07) is 8.55. The monoisotopic (exact) mass is 323 g/mol. The summed E-state index contributed by atoms with van der Waals surface area (Å²) in [5.41, 5.74) is 0.910. The molecule has 2 unspecified atom stereocenters. The van der Waals surface area contributed by atoms with Crippen LogP contribution in [0.3, 0.4) is 0 Å². The Morgan fingerprint density at radius 1 is 1.32 bits per heavy atom. The Bertz CT molecular complexity index is 571. The first kappa shape index (κ1) is 13.2. The van der Waals surface area contributed by atoms with Crippen LogP contribution in [-0.4, -0.2) is 19.2 Å². The molecule has 1 aliphatic heterocycles. The van der Waals surface area contributed by atoms with Gasteiger partial charge in [0.2, 0.25) is 0 Å². The van der Waals surface area contributed by atoms with Gasteiger partial charge in [-0.15, -0.1) is 0 Å². The number of rotatable bonds is 2. The molecular weight excluding hydrogens is 306 g/mol. The number of morpholine rings is 1. The molecule has 0 aliphatic carbocycles. The number of hydrogen-bond acceptors (Lipinski definition) is 3. The Hall–Kier alpha value is -0.840. The van der Waals surface area contributed by atoms with E-state index in [4.69, 9.17) is 9.15 Å². The van der Waals surface area contributed by atoms with Crippen molar-refractivity contribution in [2.24, 2.45) is 5.92 Å². The van der Waals surface area contributed by atoms with E-state index in [-0.39, 0.29) is 6.10 Å². The van der Waals surface area contributed by atoms with Crippen LogP contribution in [-0.2, 0) is 4.74 Å². The van der Waals surface area contributed by atoms with Crippen molar-refractivity contribution in [1.29, 1.82) is 0 Å². The highest BCUT2D eigenvalue weighted by Gasteiger charge is 2.26. The van der Waals surface area contributed by atoms with E-state index in [1.54, 1.807) is 0 Å². The van der Waals surface area contributed by atoms with E-state index in [2.05, 4.69) is 47.2 Å². The van der Waals surface area contributed by atoms with Crippen molar-refractivity contribution in [3.05, 3.63) is 34.5 Å². The number of ether oxygens (including phenoxy) is 1. The molecule has 0 radical (unpaired) electrons. The number of nitrogens with one attached hydrogen (secondary N) is 1. The summed E-state index contributed by atoms with van der Waals surface area (Å²) in [5, 5.41) is 4.64. The molecule has 102 valence electrons. The molecule has 2 atom stereocenters. The number of fused-ring (bicyclic) bond motifs is 1. The molecule has 1 fully saturated rings. The van der Waals surface area contributed by atoms with E-state index in [9.17, 15) is 0 Å². The maximum atomic E-state index is 5.93. The van der Waals surface area contributed by atoms with Crippen LogP contribution in [0.5, 0.6) is 0 Å². The number of halogens is 1. The maximum absolute atomic E-state index is 5.93. The van der Waals surface area contributed by atoms with Crippen LogP contribution >= 0.6 is 15.9 Å². The molecule has 2 aromatic rings. The average Bonchev–Trinajstić information content (AvgIpc) is 2.81. The van der Waals surface area contributed by atoms with Crippen molar-refractivity contribution < 1.29 is 9.15 Å². The lowest BCUT2D eigenvalue weighted by Gasteiger charge is -2.31. The van der Waals surface area contributed by atoms with Crippen LogP contribution in [0.15, 0.2) is 33.2 Å². The van der Waals surface area contributed by atoms with Crippen LogP contribution in [0.1, 0.15) is 25.7 Å². The molecule has 1 N–H and O–H groups in total. The van der Waals surface area contributed by atoms with Crippen molar-refractivity contribution in [2.45, 2.75) is 26.0 Å². The minimum absolute atomic E-state index is 0.0150. The minimum atomic E-state index is 0.0150. The lowest BCUT2D eigenvalue weighted by atomic mass is 10.0. The standard InChI is InChI=1S/C15H18BrNO2/c1-9(2)12-8-18-15(7-17-12)14-6-10-5-11(16)3-4-13(10)19-14/h3-6,9,12,15,17H,7-8H2,1-2H3. The molecule has 4 heteroatoms. The molecule has 2 heterocycles. The van der Waals surface area contributed by atoms with Crippen LogP contribution in [0.4, 0.5) is 0 Å². The van der Waals surface area contributed by atoms with Crippen LogP contribution in [0.2, 0.25) is 0 Å². The molecule has 0 spiro atoms. The third-order valence-electron chi connectivity index (χ3n) is 3.66. The van der Waals surface area contributed by atoms with Gasteiger partial charge in [-0.05, 0) is 30.2 Å². The third kappa shape index (κ3) is 2.71. The van der Waals surface area contributed by atoms with E-state index < -0.39 is 0 Å². The van der Waals surface area contributed by atoms with Crippen LogP contribution in [0, 0.1) is 5.92 Å². The average molecular weight is 324 g/mol. The fraction of sp³-hybridized carbons (Fsp3) is 0.467. The fourth-order valence-corrected chi connectivity index (χ4v) is 2.78. The molecular formula is C15H18BrNO2. The fourth-order valence-electron chi connectivity index (χ4n) is 2.40. The van der Waals surface area contributed by atoms with Crippen molar-refractivity contribution in [3.63, 3.8) is 0 Å². The third-order valence-corrected chi connectivity index (χ3v) is 4.16. The first-order valence-corrected chi connectivity index (χ1v) is 7.47. The normalized spacial score (nSPS) is 24.2. The Morgan fingerprint density at radius 3 is 2.84 bits per heavy atom. The Balaban J connectivity index is 1.78. The largest absolute Gasteiger partial charge is 0.458 e. The lowest BCUT2D eigenvalue weighted by Crippen LogP contribution is -2.45. The molecule has 19 heavy (non-hydrogen) atoms. The molecule has 0 saturated carbocycles. The van der Waals surface area contributed by atoms with Gasteiger partial charge >= 0.3 is 0 Å². The van der Waals surface area contributed by atoms with Gasteiger partial charge in [-0.2, -0.15) is 0 Å². The number of benzene rings is 1. The summed E-state index contributed by atoms with van der Waals surface area (Å²) in [4.78, 5) is 0. The summed E-state index contributed by atoms with van der Waals surface area (Å²) in [6.07, 6.45) is 0.0150. The van der Waals surface area contributed by atoms with Gasteiger partial charge in [0.05, 0.1) is 6.61 Å². The second-order valence-corrected chi connectivity index (χ2v) is 6.33. The van der Waals surface area contributed by atoms with Gasteiger partial charge in [0.15, 0.2) is 0 Å². The predicted molar refractivity (Wildman–Crippen MR) is 79.2 cm³/mol. The second kappa shape index (κ2) is 5.27. The molecule has 1 aliphatic rings. The van der Waals surface area contributed by atoms with Gasteiger partial charge in [0.1, 0.15) is 17.4 Å². The molecule has 1 aromatic heterocycles. The van der Waals surface area contributed by atoms with Crippen molar-refractivity contribution in [2.75, 3.05) is 13.2 Å². The summed E-state index contributed by atoms with van der Waals surface area (Å²) in [6.45, 7) is 5.97. The van der Waals surface area contributed by atoms with Crippen molar-refractivity contribution in [1.82, 2.24) is 5.32 Å². The van der Waals surface area contributed by atoms with E-state index in [0.29, 0.717) is 12.0 Å². The van der Waals surface area contributed by atoms with E-state index in [1.165, 1.54) is 0 Å². The minimum Gasteiger partial charge on any atom is -0.458 e. The molecule has 3 rings (SSSR count). The summed E-state index contributed by atoms with van der Waals surface area (Å²) >= 11 is 3.48. The Morgan fingerprint density at radius 2 is 2.16 bits per heavy atom. The Kier molecular flexibility index (Phi) is 3.65. The molecule has 1 aromatic carbocycles. The van der Waals surface area contributed by atoms with Gasteiger partial charge in [0, 0.05) is 22.4 Å². The summed E-state index contributed by atoms with van der Waals surface area (Å²) < 4.78 is 12.9. The summed E-state index contributed by atoms with van der Waals surface area (Å²) in [5.74, 6) is 1.50. The quantitative estimate of drug-likeness (QED) is 0.910. The van der Waals surface area contributed by atoms with Crippen molar-refractivity contribution in [3.8, 4) is 0 Å². The first-order chi connectivity index (χ1) is 9.13. The zero-order valence-electron chi connectivity index (χ0n) is 11.2. The second-order valence-electron chi connectivity index (χ2n) is 5.41. The van der Waals surface area contributed by atoms with Crippen molar-refractivity contribution >= 4 is 26.9 Å². The Labute approximate surface area is 121 Å². The first-order valence-electron chi connectivity index (χ1n) is 6.67. The molecule has 0 bridgehead atoms. The number of furan rings is 1. The van der Waals surface area contributed by atoms with Gasteiger partial charge in [-0.3, -0.25) is 0 Å². The highest BCUT2D eigenvalue weighted by Crippen LogP contribution is 2.29. The van der Waals surface area contributed by atoms with Crippen LogP contribution < -0.4 is 5.32 Å². The van der Waals surface area contributed by atoms with Gasteiger partial charge < -0.3 is 14.5 Å². The zero-order valence-corrected chi connectivity index (χ0v) is 12.7. The van der Waals surface area contributed by atoms with E-state index in [1.807, 2.05) is 12.1 Å². The van der Waals surface area contributed by atoms with Gasteiger partial charge in [-0.1, -0.05) is 29.8 Å². The molecule has 3 nitrogen and oxygen atoms in total. The predicted octanol–water partition coefficient (Wildman–Crippen LogP) is 3.88. The maximum Gasteiger partial charge on any atom is 0.135 e. The highest BCUT2D eigenvalue weighted by atomic mass is 79.9. The van der Waals surface area contributed by atoms with E-state index in [0.717, 1.165) is 34.4 Å². The van der Waals surface area contributed by atoms with Gasteiger partial charge in [0.25, 0.3) is 0 Å².